The molecule has 0 saturated carbocycles. The summed E-state index contributed by atoms with van der Waals surface area (Å²) in [5, 5.41) is 10.3. The molecule has 0 aliphatic carbocycles. The number of hydrogen-bond donors (Lipinski definition) is 1. The molecule has 1 aromatic rings. The summed E-state index contributed by atoms with van der Waals surface area (Å²) in [5.41, 5.74) is 4.11. The first-order valence-corrected chi connectivity index (χ1v) is 5.37. The van der Waals surface area contributed by atoms with Crippen LogP contribution in [-0.4, -0.2) is 19.1 Å². The van der Waals surface area contributed by atoms with Gasteiger partial charge >= 0.3 is 5.76 Å². The first kappa shape index (κ1) is 12.3. The fourth-order valence-corrected chi connectivity index (χ4v) is 1.85. The zero-order valence-corrected chi connectivity index (χ0v) is 8.45. The van der Waals surface area contributed by atoms with Crippen LogP contribution in [0.4, 0.5) is 20.2 Å². The zero-order valence-electron chi connectivity index (χ0n) is 7.63. The van der Waals surface area contributed by atoms with Crippen molar-refractivity contribution in [3.8, 4) is 0 Å². The zero-order chi connectivity index (χ0) is 12.5. The lowest BCUT2D eigenvalue weighted by molar-refractivity contribution is -0.385. The fraction of sp³-hybridized carbons (Fsp3) is 0.143. The van der Waals surface area contributed by atoms with Gasteiger partial charge in [0.2, 0.25) is 9.84 Å². The van der Waals surface area contributed by atoms with Gasteiger partial charge in [-0.05, 0) is 6.07 Å². The Bertz CT molecular complexity index is 529. The normalized spacial score (nSPS) is 11.7. The predicted molar refractivity (Wildman–Crippen MR) is 50.7 cm³/mol. The van der Waals surface area contributed by atoms with Crippen molar-refractivity contribution in [2.45, 2.75) is 10.7 Å². The van der Waals surface area contributed by atoms with Crippen molar-refractivity contribution in [2.24, 2.45) is 0 Å². The van der Waals surface area contributed by atoms with Gasteiger partial charge in [0, 0.05) is 12.1 Å². The number of rotatable bonds is 3. The van der Waals surface area contributed by atoms with Crippen LogP contribution in [0.2, 0.25) is 0 Å². The van der Waals surface area contributed by atoms with Gasteiger partial charge in [-0.2, -0.15) is 8.78 Å². The molecular formula is C7H6F2N2O4S. The second kappa shape index (κ2) is 4.00. The average Bonchev–Trinajstić information content (AvgIpc) is 2.17. The monoisotopic (exact) mass is 252 g/mol. The van der Waals surface area contributed by atoms with Crippen LogP contribution in [0.5, 0.6) is 0 Å². The highest BCUT2D eigenvalue weighted by Gasteiger charge is 2.30. The van der Waals surface area contributed by atoms with Crippen molar-refractivity contribution in [1.82, 2.24) is 0 Å². The van der Waals surface area contributed by atoms with Gasteiger partial charge in [0.05, 0.1) is 10.6 Å². The number of nitro benzene ring substituents is 1. The minimum absolute atomic E-state index is 0.453. The van der Waals surface area contributed by atoms with Crippen LogP contribution in [0.15, 0.2) is 23.1 Å². The Morgan fingerprint density at radius 2 is 1.94 bits per heavy atom. The lowest BCUT2D eigenvalue weighted by Crippen LogP contribution is -2.13. The molecular weight excluding hydrogens is 246 g/mol. The van der Waals surface area contributed by atoms with E-state index in [1.54, 1.807) is 0 Å². The maximum absolute atomic E-state index is 12.2. The van der Waals surface area contributed by atoms with E-state index in [1.165, 1.54) is 0 Å². The SMILES string of the molecule is Nc1ccc([N+](=O)[O-])cc1S(=O)(=O)C(F)F. The third-order valence-corrected chi connectivity index (χ3v) is 3.18. The van der Waals surface area contributed by atoms with Crippen LogP contribution >= 0.6 is 0 Å². The molecule has 9 heteroatoms. The van der Waals surface area contributed by atoms with Crippen molar-refractivity contribution in [2.75, 3.05) is 5.73 Å². The first-order chi connectivity index (χ1) is 7.26. The number of nitrogen functional groups attached to an aromatic ring is 1. The summed E-state index contributed by atoms with van der Waals surface area (Å²) in [4.78, 5) is 8.51. The third kappa shape index (κ3) is 2.08. The number of sulfone groups is 1. The van der Waals surface area contributed by atoms with Gasteiger partial charge in [0.1, 0.15) is 4.90 Å². The number of anilines is 1. The number of nitrogens with two attached hydrogens (primary N) is 1. The molecule has 0 heterocycles. The van der Waals surface area contributed by atoms with Gasteiger partial charge < -0.3 is 5.73 Å². The minimum Gasteiger partial charge on any atom is -0.398 e. The summed E-state index contributed by atoms with van der Waals surface area (Å²) >= 11 is 0. The second-order valence-corrected chi connectivity index (χ2v) is 4.67. The highest BCUT2D eigenvalue weighted by Crippen LogP contribution is 2.27. The molecule has 0 radical (unpaired) electrons. The van der Waals surface area contributed by atoms with E-state index >= 15 is 0 Å². The maximum Gasteiger partial charge on any atom is 0.341 e. The van der Waals surface area contributed by atoms with Gasteiger partial charge in [0.15, 0.2) is 0 Å². The Kier molecular flexibility index (Phi) is 3.08. The molecule has 0 aromatic heterocycles. The summed E-state index contributed by atoms with van der Waals surface area (Å²) in [6, 6.07) is 2.34. The summed E-state index contributed by atoms with van der Waals surface area (Å²) in [6.07, 6.45) is 0. The van der Waals surface area contributed by atoms with E-state index in [-0.39, 0.29) is 0 Å². The van der Waals surface area contributed by atoms with Gasteiger partial charge in [-0.25, -0.2) is 8.42 Å². The Morgan fingerprint density at radius 1 is 1.38 bits per heavy atom. The number of alkyl halides is 2. The van der Waals surface area contributed by atoms with E-state index in [0.29, 0.717) is 6.07 Å². The number of hydrogen-bond acceptors (Lipinski definition) is 5. The van der Waals surface area contributed by atoms with E-state index in [2.05, 4.69) is 0 Å². The van der Waals surface area contributed by atoms with E-state index in [1.807, 2.05) is 0 Å². The first-order valence-electron chi connectivity index (χ1n) is 3.83. The molecule has 0 amide bonds. The number of non-ortho nitro benzene ring substituents is 1. The Balaban J connectivity index is 3.45. The van der Waals surface area contributed by atoms with E-state index < -0.39 is 36.8 Å². The van der Waals surface area contributed by atoms with Crippen molar-refractivity contribution < 1.29 is 22.1 Å². The highest BCUT2D eigenvalue weighted by atomic mass is 32.2. The quantitative estimate of drug-likeness (QED) is 0.494. The van der Waals surface area contributed by atoms with Crippen molar-refractivity contribution >= 4 is 21.2 Å². The Labute approximate surface area is 88.7 Å². The number of benzene rings is 1. The van der Waals surface area contributed by atoms with Crippen LogP contribution in [0, 0.1) is 10.1 Å². The molecule has 0 bridgehead atoms. The predicted octanol–water partition coefficient (Wildman–Crippen LogP) is 1.17. The Morgan fingerprint density at radius 3 is 2.38 bits per heavy atom. The van der Waals surface area contributed by atoms with Gasteiger partial charge in [0.25, 0.3) is 5.69 Å². The summed E-state index contributed by atoms with van der Waals surface area (Å²) < 4.78 is 46.5. The molecule has 0 aliphatic rings. The summed E-state index contributed by atoms with van der Waals surface area (Å²) in [6.45, 7) is 0. The molecule has 0 unspecified atom stereocenters. The second-order valence-electron chi connectivity index (χ2n) is 2.78. The van der Waals surface area contributed by atoms with Crippen LogP contribution in [0.1, 0.15) is 0 Å². The fourth-order valence-electron chi connectivity index (χ4n) is 0.979. The van der Waals surface area contributed by atoms with Gasteiger partial charge in [-0.3, -0.25) is 10.1 Å². The van der Waals surface area contributed by atoms with E-state index in [4.69, 9.17) is 5.73 Å². The largest absolute Gasteiger partial charge is 0.398 e. The molecule has 88 valence electrons. The van der Waals surface area contributed by atoms with Crippen molar-refractivity contribution in [1.29, 1.82) is 0 Å². The molecule has 2 N–H and O–H groups in total. The smallest absolute Gasteiger partial charge is 0.341 e. The standard InChI is InChI=1S/C7H6F2N2O4S/c8-7(9)16(14,15)6-3-4(11(12)13)1-2-5(6)10/h1-3,7H,10H2. The maximum atomic E-state index is 12.2. The molecule has 1 aromatic carbocycles. The van der Waals surface area contributed by atoms with Gasteiger partial charge in [-0.15, -0.1) is 0 Å². The van der Waals surface area contributed by atoms with Crippen LogP contribution in [-0.2, 0) is 9.84 Å². The van der Waals surface area contributed by atoms with Crippen LogP contribution < -0.4 is 5.73 Å². The molecule has 0 saturated heterocycles. The summed E-state index contributed by atoms with van der Waals surface area (Å²) in [5.74, 6) is -3.67. The molecule has 0 fully saturated rings. The number of nitrogens with zero attached hydrogens (tertiary/aromatic N) is 1. The molecule has 6 nitrogen and oxygen atoms in total. The molecule has 1 rings (SSSR count). The molecule has 16 heavy (non-hydrogen) atoms. The molecule has 0 aliphatic heterocycles. The topological polar surface area (TPSA) is 103 Å². The lowest BCUT2D eigenvalue weighted by Gasteiger charge is -2.05. The van der Waals surface area contributed by atoms with Crippen LogP contribution in [0.3, 0.4) is 0 Å². The molecule has 0 spiro atoms. The van der Waals surface area contributed by atoms with Crippen molar-refractivity contribution in [3.05, 3.63) is 28.3 Å². The van der Waals surface area contributed by atoms with E-state index in [0.717, 1.165) is 12.1 Å². The lowest BCUT2D eigenvalue weighted by atomic mass is 10.3. The third-order valence-electron chi connectivity index (χ3n) is 1.75. The minimum atomic E-state index is -4.93. The number of halogens is 2. The Hall–Kier alpha value is -1.77. The molecule has 0 atom stereocenters. The van der Waals surface area contributed by atoms with Crippen LogP contribution in [0.25, 0.3) is 0 Å². The van der Waals surface area contributed by atoms with Crippen molar-refractivity contribution in [3.63, 3.8) is 0 Å². The average molecular weight is 252 g/mol. The highest BCUT2D eigenvalue weighted by molar-refractivity contribution is 7.91. The summed E-state index contributed by atoms with van der Waals surface area (Å²) in [7, 11) is -4.93. The number of nitro groups is 1. The van der Waals surface area contributed by atoms with E-state index in [9.17, 15) is 27.3 Å². The van der Waals surface area contributed by atoms with Gasteiger partial charge in [-0.1, -0.05) is 0 Å².